The van der Waals surface area contributed by atoms with Crippen molar-refractivity contribution in [1.29, 1.82) is 0 Å². The van der Waals surface area contributed by atoms with Crippen molar-refractivity contribution in [1.82, 2.24) is 9.80 Å². The number of carbonyl (C=O) groups excluding carboxylic acids is 4. The van der Waals surface area contributed by atoms with Crippen molar-refractivity contribution >= 4 is 45.3 Å². The Morgan fingerprint density at radius 1 is 0.756 bits per heavy atom. The van der Waals surface area contributed by atoms with Crippen LogP contribution in [0.4, 0.5) is 0 Å². The highest BCUT2D eigenvalue weighted by atomic mass is 33.1. The maximum Gasteiger partial charge on any atom is 0.310 e. The van der Waals surface area contributed by atoms with Crippen LogP contribution in [0.15, 0.2) is 109 Å². The zero-order valence-electron chi connectivity index (χ0n) is 23.9. The van der Waals surface area contributed by atoms with Gasteiger partial charge in [0.15, 0.2) is 9.74 Å². The molecule has 6 heterocycles. The van der Waals surface area contributed by atoms with E-state index in [-0.39, 0.29) is 31.1 Å². The van der Waals surface area contributed by atoms with Crippen LogP contribution in [0.25, 0.3) is 0 Å². The van der Waals surface area contributed by atoms with Gasteiger partial charge in [-0.2, -0.15) is 0 Å². The number of rotatable bonds is 6. The normalized spacial score (nSPS) is 32.0. The van der Waals surface area contributed by atoms with E-state index in [1.54, 1.807) is 28.2 Å². The van der Waals surface area contributed by atoms with Gasteiger partial charge in [0.25, 0.3) is 11.8 Å². The number of carbonyl (C=O) groups is 4. The highest BCUT2D eigenvalue weighted by Crippen LogP contribution is 2.69. The molecule has 228 valence electrons. The fourth-order valence-electron chi connectivity index (χ4n) is 7.23. The van der Waals surface area contributed by atoms with Crippen LogP contribution in [-0.4, -0.2) is 67.6 Å². The number of benzene rings is 2. The second-order valence-corrected chi connectivity index (χ2v) is 14.5. The van der Waals surface area contributed by atoms with Crippen LogP contribution >= 0.6 is 21.6 Å². The summed E-state index contributed by atoms with van der Waals surface area (Å²) >= 11 is 0. The molecule has 45 heavy (non-hydrogen) atoms. The minimum absolute atomic E-state index is 0.0748. The monoisotopic (exact) mass is 640 g/mol. The van der Waals surface area contributed by atoms with E-state index >= 15 is 0 Å². The van der Waals surface area contributed by atoms with Crippen molar-refractivity contribution < 1.29 is 33.4 Å². The first-order valence-electron chi connectivity index (χ1n) is 14.8. The van der Waals surface area contributed by atoms with Gasteiger partial charge >= 0.3 is 11.9 Å². The summed E-state index contributed by atoms with van der Waals surface area (Å²) in [5.41, 5.74) is 3.22. The number of ether oxygens (including phenoxy) is 3. The van der Waals surface area contributed by atoms with Crippen molar-refractivity contribution in [2.45, 2.75) is 59.7 Å². The number of hydrogen-bond donors (Lipinski definition) is 0. The van der Waals surface area contributed by atoms with E-state index in [9.17, 15) is 19.2 Å². The number of esters is 2. The van der Waals surface area contributed by atoms with E-state index in [1.807, 2.05) is 72.8 Å². The van der Waals surface area contributed by atoms with Crippen molar-refractivity contribution in [2.24, 2.45) is 0 Å². The standard InChI is InChI=1S/C34H28N2O7S2/c37-27(16-21-8-3-1-4-9-21)42-25-13-7-12-23-18-33-31(39)36-30-24(19-34(36,45-44-33)32(40)35(33)29(23)25)20-41-15-14-26(30)43-28(38)17-22-10-5-2-6-11-22/h1-15,20,25-26,29-30H,16-19H2/t25-,26-,29-,30-,33+,34+/m0/s1. The molecule has 0 N–H and O–H groups in total. The number of allylic oxidation sites excluding steroid dienone is 2. The predicted octanol–water partition coefficient (Wildman–Crippen LogP) is 4.22. The van der Waals surface area contributed by atoms with Crippen LogP contribution in [0.1, 0.15) is 24.0 Å². The van der Waals surface area contributed by atoms with E-state index < -0.39 is 46.0 Å². The topological polar surface area (TPSA) is 102 Å². The van der Waals surface area contributed by atoms with E-state index in [1.165, 1.54) is 27.8 Å². The van der Waals surface area contributed by atoms with Gasteiger partial charge < -0.3 is 24.0 Å². The number of fused-ring (bicyclic) bond motifs is 3. The molecule has 2 aromatic rings. The molecule has 5 fully saturated rings. The number of nitrogens with zero attached hydrogens (tertiary/aromatic N) is 2. The third-order valence-electron chi connectivity index (χ3n) is 9.12. The summed E-state index contributed by atoms with van der Waals surface area (Å²) in [6, 6.07) is 17.4. The summed E-state index contributed by atoms with van der Waals surface area (Å²) in [6.45, 7) is 0. The second-order valence-electron chi connectivity index (χ2n) is 11.8. The predicted molar refractivity (Wildman–Crippen MR) is 167 cm³/mol. The summed E-state index contributed by atoms with van der Waals surface area (Å²) < 4.78 is 17.6. The highest BCUT2D eigenvalue weighted by Gasteiger charge is 2.77. The maximum absolute atomic E-state index is 14.7. The van der Waals surface area contributed by atoms with Crippen molar-refractivity contribution in [2.75, 3.05) is 0 Å². The van der Waals surface area contributed by atoms with Gasteiger partial charge in [-0.3, -0.25) is 19.2 Å². The van der Waals surface area contributed by atoms with Gasteiger partial charge in [-0.05, 0) is 34.4 Å². The maximum atomic E-state index is 14.7. The quantitative estimate of drug-likeness (QED) is 0.339. The molecule has 11 heteroatoms. The first-order valence-corrected chi connectivity index (χ1v) is 16.9. The van der Waals surface area contributed by atoms with Crippen LogP contribution < -0.4 is 0 Å². The largest absolute Gasteiger partial charge is 0.473 e. The SMILES string of the molecule is O=C(Cc1ccccc1)O[C@H]1C=CC=C2C[C@@]34SS[C@]5(CC6=COC=C[C@H](OC(=O)Cc7ccccc7)[C@H]6N5C3=O)C(=O)N4[C@@H]21. The molecule has 2 spiro atoms. The fraction of sp³-hybridized carbons (Fsp3) is 0.294. The third-order valence-corrected chi connectivity index (χ3v) is 12.7. The van der Waals surface area contributed by atoms with Gasteiger partial charge in [-0.25, -0.2) is 0 Å². The number of piperazine rings is 1. The summed E-state index contributed by atoms with van der Waals surface area (Å²) in [5, 5.41) is 0. The van der Waals surface area contributed by atoms with Crippen LogP contribution in [0.3, 0.4) is 0 Å². The van der Waals surface area contributed by atoms with Gasteiger partial charge in [-0.1, -0.05) is 94.4 Å². The Morgan fingerprint density at radius 3 is 1.84 bits per heavy atom. The van der Waals surface area contributed by atoms with Crippen LogP contribution in [0, 0.1) is 0 Å². The second kappa shape index (κ2) is 10.7. The summed E-state index contributed by atoms with van der Waals surface area (Å²) in [7, 11) is 2.78. The van der Waals surface area contributed by atoms with Gasteiger partial charge in [0.2, 0.25) is 0 Å². The molecule has 6 atom stereocenters. The molecule has 1 aliphatic carbocycles. The average Bonchev–Trinajstić information content (AvgIpc) is 3.50. The first-order chi connectivity index (χ1) is 21.9. The Balaban J connectivity index is 1.09. The molecule has 0 unspecified atom stereocenters. The van der Waals surface area contributed by atoms with Gasteiger partial charge in [0.1, 0.15) is 12.2 Å². The molecule has 2 bridgehead atoms. The minimum atomic E-state index is -1.26. The Bertz CT molecular complexity index is 1720. The van der Waals surface area contributed by atoms with Gasteiger partial charge in [-0.15, -0.1) is 0 Å². The Labute approximate surface area is 267 Å². The molecule has 6 aliphatic heterocycles. The smallest absolute Gasteiger partial charge is 0.310 e. The molecule has 2 aromatic carbocycles. The molecule has 5 saturated heterocycles. The minimum Gasteiger partial charge on any atom is -0.473 e. The van der Waals surface area contributed by atoms with Gasteiger partial charge in [0.05, 0.1) is 37.4 Å². The molecule has 9 nitrogen and oxygen atoms in total. The molecule has 0 saturated carbocycles. The lowest BCUT2D eigenvalue weighted by molar-refractivity contribution is -0.172. The van der Waals surface area contributed by atoms with E-state index in [4.69, 9.17) is 14.2 Å². The average molecular weight is 641 g/mol. The zero-order valence-corrected chi connectivity index (χ0v) is 25.6. The molecular weight excluding hydrogens is 613 g/mol. The Morgan fingerprint density at radius 2 is 1.27 bits per heavy atom. The lowest BCUT2D eigenvalue weighted by atomic mass is 9.96. The summed E-state index contributed by atoms with van der Waals surface area (Å²) in [5.74, 6) is -1.28. The highest BCUT2D eigenvalue weighted by molar-refractivity contribution is 8.78. The van der Waals surface area contributed by atoms with Crippen molar-refractivity contribution in [3.8, 4) is 0 Å². The van der Waals surface area contributed by atoms with E-state index in [0.717, 1.165) is 16.7 Å². The van der Waals surface area contributed by atoms with Gasteiger partial charge in [0, 0.05) is 12.8 Å². The molecule has 2 amide bonds. The molecular formula is C34H28N2O7S2. The zero-order chi connectivity index (χ0) is 30.8. The number of hydrogen-bond acceptors (Lipinski definition) is 9. The van der Waals surface area contributed by atoms with E-state index in [0.29, 0.717) is 12.0 Å². The fourth-order valence-corrected chi connectivity index (χ4v) is 10.9. The van der Waals surface area contributed by atoms with Crippen LogP contribution in [-0.2, 0) is 46.2 Å². The van der Waals surface area contributed by atoms with Crippen LogP contribution in [0.5, 0.6) is 0 Å². The first kappa shape index (κ1) is 28.3. The molecule has 9 rings (SSSR count). The van der Waals surface area contributed by atoms with Crippen molar-refractivity contribution in [3.63, 3.8) is 0 Å². The van der Waals surface area contributed by atoms with Crippen molar-refractivity contribution in [3.05, 3.63) is 120 Å². The molecule has 7 aliphatic rings. The Hall–Kier alpha value is -4.22. The lowest BCUT2D eigenvalue weighted by Crippen LogP contribution is -2.77. The summed E-state index contributed by atoms with van der Waals surface area (Å²) in [6.07, 6.45) is 9.32. The van der Waals surface area contributed by atoms with E-state index in [2.05, 4.69) is 0 Å². The lowest BCUT2D eigenvalue weighted by Gasteiger charge is -2.58. The summed E-state index contributed by atoms with van der Waals surface area (Å²) in [4.78, 5) is 56.4. The Kier molecular flexibility index (Phi) is 6.72. The van der Waals surface area contributed by atoms with Crippen LogP contribution in [0.2, 0.25) is 0 Å². The third kappa shape index (κ3) is 4.39. The molecule has 0 radical (unpaired) electrons. The molecule has 0 aromatic heterocycles. The number of amides is 2.